The van der Waals surface area contributed by atoms with Crippen molar-refractivity contribution >= 4 is 28.3 Å². The summed E-state index contributed by atoms with van der Waals surface area (Å²) in [4.78, 5) is 24.2. The van der Waals surface area contributed by atoms with Crippen LogP contribution >= 0.6 is 0 Å². The maximum atomic E-state index is 12.9. The smallest absolute Gasteiger partial charge is 0.383 e. The van der Waals surface area contributed by atoms with E-state index in [2.05, 4.69) is 20.3 Å². The van der Waals surface area contributed by atoms with E-state index in [4.69, 9.17) is 5.73 Å². The van der Waals surface area contributed by atoms with E-state index in [9.17, 15) is 23.2 Å². The average Bonchev–Trinajstić information content (AvgIpc) is 2.79. The number of anilines is 2. The van der Waals surface area contributed by atoms with Crippen molar-refractivity contribution in [3.05, 3.63) is 77.4 Å². The standard InChI is InChI=1S/C23H15F3N6O/c1-12-2-3-16(32-22(33)13-4-5-29-19(7-13)23(24,25)26)8-17(12)14-6-15-11-31-21(28)18(9-27)20(15)30-10-14/h2-8,10-11H,1H3,(H2,28,31)(H,32,33). The largest absolute Gasteiger partial charge is 0.433 e. The molecule has 3 heterocycles. The third-order valence-corrected chi connectivity index (χ3v) is 4.98. The summed E-state index contributed by atoms with van der Waals surface area (Å²) in [7, 11) is 0. The molecule has 3 aromatic heterocycles. The molecule has 7 nitrogen and oxygen atoms in total. The number of halogens is 3. The van der Waals surface area contributed by atoms with Crippen molar-refractivity contribution in [2.75, 3.05) is 11.1 Å². The highest BCUT2D eigenvalue weighted by Gasteiger charge is 2.33. The van der Waals surface area contributed by atoms with Crippen LogP contribution in [-0.2, 0) is 6.18 Å². The van der Waals surface area contributed by atoms with Gasteiger partial charge in [-0.15, -0.1) is 0 Å². The number of nitriles is 1. The van der Waals surface area contributed by atoms with Gasteiger partial charge in [0.05, 0.1) is 5.52 Å². The molecule has 0 spiro atoms. The summed E-state index contributed by atoms with van der Waals surface area (Å²) >= 11 is 0. The van der Waals surface area contributed by atoms with E-state index in [-0.39, 0.29) is 16.9 Å². The predicted octanol–water partition coefficient (Wildman–Crippen LogP) is 4.73. The van der Waals surface area contributed by atoms with E-state index in [1.165, 1.54) is 12.3 Å². The number of pyridine rings is 3. The predicted molar refractivity (Wildman–Crippen MR) is 116 cm³/mol. The zero-order chi connectivity index (χ0) is 23.8. The van der Waals surface area contributed by atoms with Crippen molar-refractivity contribution < 1.29 is 18.0 Å². The number of carbonyl (C=O) groups excluding carboxylic acids is 1. The molecule has 1 amide bonds. The number of fused-ring (bicyclic) bond motifs is 1. The van der Waals surface area contributed by atoms with Crippen molar-refractivity contribution in [3.8, 4) is 17.2 Å². The fraction of sp³-hybridized carbons (Fsp3) is 0.0870. The van der Waals surface area contributed by atoms with E-state index in [1.54, 1.807) is 30.5 Å². The van der Waals surface area contributed by atoms with Crippen LogP contribution in [0.2, 0.25) is 0 Å². The Morgan fingerprint density at radius 3 is 2.61 bits per heavy atom. The molecule has 0 aliphatic rings. The molecule has 0 unspecified atom stereocenters. The summed E-state index contributed by atoms with van der Waals surface area (Å²) in [6, 6.07) is 10.8. The van der Waals surface area contributed by atoms with Crippen molar-refractivity contribution in [2.24, 2.45) is 0 Å². The van der Waals surface area contributed by atoms with Gasteiger partial charge in [0.15, 0.2) is 0 Å². The number of carbonyl (C=O) groups is 1. The maximum absolute atomic E-state index is 12.9. The number of benzene rings is 1. The fourth-order valence-electron chi connectivity index (χ4n) is 3.31. The van der Waals surface area contributed by atoms with Gasteiger partial charge >= 0.3 is 6.18 Å². The number of amides is 1. The summed E-state index contributed by atoms with van der Waals surface area (Å²) in [5.41, 5.74) is 7.74. The van der Waals surface area contributed by atoms with Gasteiger partial charge in [0.2, 0.25) is 0 Å². The lowest BCUT2D eigenvalue weighted by molar-refractivity contribution is -0.141. The summed E-state index contributed by atoms with van der Waals surface area (Å²) in [6.45, 7) is 1.87. The molecule has 0 radical (unpaired) electrons. The molecule has 0 saturated carbocycles. The van der Waals surface area contributed by atoms with E-state index in [1.807, 2.05) is 13.0 Å². The number of hydrogen-bond donors (Lipinski definition) is 2. The molecule has 33 heavy (non-hydrogen) atoms. The monoisotopic (exact) mass is 448 g/mol. The molecular weight excluding hydrogens is 433 g/mol. The second-order valence-electron chi connectivity index (χ2n) is 7.20. The highest BCUT2D eigenvalue weighted by molar-refractivity contribution is 6.04. The minimum Gasteiger partial charge on any atom is -0.383 e. The molecule has 0 saturated heterocycles. The SMILES string of the molecule is Cc1ccc(NC(=O)c2ccnc(C(F)(F)F)c2)cc1-c1cnc2c(C#N)c(N)ncc2c1. The Bertz CT molecular complexity index is 1440. The minimum atomic E-state index is -4.65. The second kappa shape index (κ2) is 8.20. The van der Waals surface area contributed by atoms with Crippen LogP contribution in [0.1, 0.15) is 27.2 Å². The van der Waals surface area contributed by atoms with Gasteiger partial charge in [-0.25, -0.2) is 4.98 Å². The van der Waals surface area contributed by atoms with Gasteiger partial charge in [0, 0.05) is 40.8 Å². The molecule has 0 bridgehead atoms. The van der Waals surface area contributed by atoms with Crippen LogP contribution in [0.4, 0.5) is 24.7 Å². The molecule has 1 aromatic carbocycles. The van der Waals surface area contributed by atoms with Crippen molar-refractivity contribution in [2.45, 2.75) is 13.1 Å². The molecule has 3 N–H and O–H groups in total. The lowest BCUT2D eigenvalue weighted by Crippen LogP contribution is -2.15. The zero-order valence-corrected chi connectivity index (χ0v) is 17.1. The van der Waals surface area contributed by atoms with Gasteiger partial charge in [-0.2, -0.15) is 18.4 Å². The van der Waals surface area contributed by atoms with Crippen molar-refractivity contribution in [1.82, 2.24) is 15.0 Å². The molecule has 4 aromatic rings. The lowest BCUT2D eigenvalue weighted by Gasteiger charge is -2.12. The molecule has 0 aliphatic heterocycles. The summed E-state index contributed by atoms with van der Waals surface area (Å²) in [6.07, 6.45) is -0.615. The topological polar surface area (TPSA) is 118 Å². The second-order valence-corrected chi connectivity index (χ2v) is 7.20. The highest BCUT2D eigenvalue weighted by Crippen LogP contribution is 2.31. The number of nitrogens with one attached hydrogen (secondary N) is 1. The Labute approximate surface area is 185 Å². The number of alkyl halides is 3. The Kier molecular flexibility index (Phi) is 5.39. The van der Waals surface area contributed by atoms with Crippen LogP contribution in [0.5, 0.6) is 0 Å². The number of hydrogen-bond acceptors (Lipinski definition) is 6. The molecule has 10 heteroatoms. The Morgan fingerprint density at radius 1 is 1.09 bits per heavy atom. The lowest BCUT2D eigenvalue weighted by atomic mass is 9.99. The summed E-state index contributed by atoms with van der Waals surface area (Å²) in [5, 5.41) is 12.5. The molecule has 0 fully saturated rings. The minimum absolute atomic E-state index is 0.0935. The third kappa shape index (κ3) is 4.29. The average molecular weight is 448 g/mol. The molecule has 164 valence electrons. The number of aryl methyl sites for hydroxylation is 1. The zero-order valence-electron chi connectivity index (χ0n) is 17.1. The number of aromatic nitrogens is 3. The first kappa shape index (κ1) is 21.7. The maximum Gasteiger partial charge on any atom is 0.433 e. The van der Waals surface area contributed by atoms with Gasteiger partial charge in [-0.3, -0.25) is 14.8 Å². The normalized spacial score (nSPS) is 11.2. The van der Waals surface area contributed by atoms with Crippen LogP contribution in [0.15, 0.2) is 55.0 Å². The molecular formula is C23H15F3N6O. The first-order valence-corrected chi connectivity index (χ1v) is 9.57. The van der Waals surface area contributed by atoms with Crippen LogP contribution < -0.4 is 11.1 Å². The van der Waals surface area contributed by atoms with Crippen LogP contribution in [-0.4, -0.2) is 20.9 Å². The Hall–Kier alpha value is -4.52. The van der Waals surface area contributed by atoms with Gasteiger partial charge < -0.3 is 11.1 Å². The van der Waals surface area contributed by atoms with E-state index < -0.39 is 17.8 Å². The van der Waals surface area contributed by atoms with Crippen LogP contribution in [0.3, 0.4) is 0 Å². The van der Waals surface area contributed by atoms with Gasteiger partial charge in [-0.05, 0) is 48.4 Å². The van der Waals surface area contributed by atoms with Crippen LogP contribution in [0.25, 0.3) is 22.0 Å². The number of nitrogen functional groups attached to an aromatic ring is 1. The number of nitrogens with two attached hydrogens (primary N) is 1. The fourth-order valence-corrected chi connectivity index (χ4v) is 3.31. The van der Waals surface area contributed by atoms with Crippen molar-refractivity contribution in [1.29, 1.82) is 5.26 Å². The highest BCUT2D eigenvalue weighted by atomic mass is 19.4. The van der Waals surface area contributed by atoms with Crippen LogP contribution in [0, 0.1) is 18.3 Å². The van der Waals surface area contributed by atoms with Gasteiger partial charge in [-0.1, -0.05) is 6.07 Å². The van der Waals surface area contributed by atoms with E-state index >= 15 is 0 Å². The number of nitrogens with zero attached hydrogens (tertiary/aromatic N) is 4. The Balaban J connectivity index is 1.67. The molecule has 0 atom stereocenters. The van der Waals surface area contributed by atoms with E-state index in [0.29, 0.717) is 28.2 Å². The third-order valence-electron chi connectivity index (χ3n) is 4.98. The first-order valence-electron chi connectivity index (χ1n) is 9.57. The first-order chi connectivity index (χ1) is 15.7. The molecule has 4 rings (SSSR count). The number of rotatable bonds is 3. The van der Waals surface area contributed by atoms with Gasteiger partial charge in [0.1, 0.15) is 23.1 Å². The summed E-state index contributed by atoms with van der Waals surface area (Å²) < 4.78 is 38.7. The Morgan fingerprint density at radius 2 is 1.88 bits per heavy atom. The quantitative estimate of drug-likeness (QED) is 0.468. The van der Waals surface area contributed by atoms with E-state index in [0.717, 1.165) is 17.3 Å². The summed E-state index contributed by atoms with van der Waals surface area (Å²) in [5.74, 6) is -0.608. The van der Waals surface area contributed by atoms with Crippen molar-refractivity contribution in [3.63, 3.8) is 0 Å². The van der Waals surface area contributed by atoms with Gasteiger partial charge in [0.25, 0.3) is 5.91 Å². The molecule has 0 aliphatic carbocycles.